The van der Waals surface area contributed by atoms with Crippen molar-refractivity contribution in [3.8, 4) is 0 Å². The lowest BCUT2D eigenvalue weighted by molar-refractivity contribution is -0.140. The maximum absolute atomic E-state index is 13.1. The third-order valence-electron chi connectivity index (χ3n) is 5.40. The number of pyridine rings is 1. The van der Waals surface area contributed by atoms with Crippen LogP contribution < -0.4 is 0 Å². The highest BCUT2D eigenvalue weighted by molar-refractivity contribution is 7.10. The normalized spacial score (nSPS) is 18.2. The van der Waals surface area contributed by atoms with Gasteiger partial charge >= 0.3 is 0 Å². The molecule has 1 saturated heterocycles. The fraction of sp³-hybridized carbons (Fsp3) is 0.208. The molecule has 0 spiro atoms. The highest BCUT2D eigenvalue weighted by Crippen LogP contribution is 2.43. The van der Waals surface area contributed by atoms with Crippen molar-refractivity contribution in [1.29, 1.82) is 0 Å². The van der Waals surface area contributed by atoms with Gasteiger partial charge in [0.15, 0.2) is 0 Å². The minimum Gasteiger partial charge on any atom is -0.507 e. The summed E-state index contributed by atoms with van der Waals surface area (Å²) >= 11 is 1.48. The summed E-state index contributed by atoms with van der Waals surface area (Å²) < 4.78 is 0. The van der Waals surface area contributed by atoms with Gasteiger partial charge in [0.1, 0.15) is 11.8 Å². The van der Waals surface area contributed by atoms with Crippen LogP contribution in [0.25, 0.3) is 5.76 Å². The summed E-state index contributed by atoms with van der Waals surface area (Å²) in [6.45, 7) is 5.95. The molecule has 4 rings (SSSR count). The number of aromatic nitrogens is 1. The highest BCUT2D eigenvalue weighted by Gasteiger charge is 2.47. The molecule has 1 N–H and O–H groups in total. The molecule has 1 aromatic carbocycles. The number of thiophene rings is 1. The van der Waals surface area contributed by atoms with Gasteiger partial charge in [-0.1, -0.05) is 23.8 Å². The second kappa shape index (κ2) is 7.88. The monoisotopic (exact) mass is 418 g/mol. The molecule has 0 radical (unpaired) electrons. The number of amides is 1. The molecule has 1 unspecified atom stereocenters. The molecule has 0 bridgehead atoms. The highest BCUT2D eigenvalue weighted by atomic mass is 32.1. The number of hydrogen-bond acceptors (Lipinski definition) is 5. The third kappa shape index (κ3) is 3.44. The first-order valence-electron chi connectivity index (χ1n) is 9.68. The van der Waals surface area contributed by atoms with E-state index in [-0.39, 0.29) is 17.9 Å². The van der Waals surface area contributed by atoms with Crippen LogP contribution in [0.5, 0.6) is 0 Å². The molecule has 3 heterocycles. The van der Waals surface area contributed by atoms with E-state index < -0.39 is 17.7 Å². The molecule has 0 aliphatic carbocycles. The molecule has 1 aliphatic rings. The van der Waals surface area contributed by atoms with Gasteiger partial charge in [-0.15, -0.1) is 11.3 Å². The van der Waals surface area contributed by atoms with Crippen LogP contribution in [0.2, 0.25) is 0 Å². The van der Waals surface area contributed by atoms with Crippen LogP contribution in [0.1, 0.15) is 38.9 Å². The van der Waals surface area contributed by atoms with E-state index in [1.165, 1.54) is 16.2 Å². The SMILES string of the molecule is Cc1ccc(C)c(/C(O)=C2\C(=O)C(=O)N(Cc3ccccn3)C2c2sccc2C)c1. The second-order valence-electron chi connectivity index (χ2n) is 7.53. The average molecular weight is 419 g/mol. The zero-order valence-corrected chi connectivity index (χ0v) is 17.9. The molecule has 5 nitrogen and oxygen atoms in total. The molecular weight excluding hydrogens is 396 g/mol. The zero-order valence-electron chi connectivity index (χ0n) is 17.0. The minimum atomic E-state index is -0.665. The van der Waals surface area contributed by atoms with E-state index in [1.807, 2.05) is 62.5 Å². The van der Waals surface area contributed by atoms with Crippen molar-refractivity contribution in [2.75, 3.05) is 0 Å². The molecule has 3 aromatic rings. The van der Waals surface area contributed by atoms with Gasteiger partial charge in [0.05, 0.1) is 17.8 Å². The summed E-state index contributed by atoms with van der Waals surface area (Å²) in [6.07, 6.45) is 1.66. The lowest BCUT2D eigenvalue weighted by Crippen LogP contribution is -2.29. The molecule has 1 aliphatic heterocycles. The van der Waals surface area contributed by atoms with Gasteiger partial charge in [0.25, 0.3) is 11.7 Å². The number of likely N-dealkylation sites (tertiary alicyclic amines) is 1. The van der Waals surface area contributed by atoms with E-state index >= 15 is 0 Å². The largest absolute Gasteiger partial charge is 0.507 e. The predicted molar refractivity (Wildman–Crippen MR) is 117 cm³/mol. The number of hydrogen-bond donors (Lipinski definition) is 1. The van der Waals surface area contributed by atoms with Crippen LogP contribution in [0.15, 0.2) is 59.6 Å². The summed E-state index contributed by atoms with van der Waals surface area (Å²) in [5.41, 5.74) is 4.18. The number of aryl methyl sites for hydroxylation is 3. The summed E-state index contributed by atoms with van der Waals surface area (Å²) in [7, 11) is 0. The van der Waals surface area contributed by atoms with E-state index in [0.29, 0.717) is 11.3 Å². The van der Waals surface area contributed by atoms with Crippen LogP contribution in [0.3, 0.4) is 0 Å². The molecule has 1 amide bonds. The van der Waals surface area contributed by atoms with Crippen LogP contribution in [-0.2, 0) is 16.1 Å². The van der Waals surface area contributed by atoms with Gasteiger partial charge in [-0.2, -0.15) is 0 Å². The van der Waals surface area contributed by atoms with Gasteiger partial charge in [-0.05, 0) is 61.5 Å². The number of carbonyl (C=O) groups is 2. The van der Waals surface area contributed by atoms with Crippen molar-refractivity contribution in [3.63, 3.8) is 0 Å². The fourth-order valence-corrected chi connectivity index (χ4v) is 4.83. The van der Waals surface area contributed by atoms with Gasteiger partial charge in [-0.25, -0.2) is 0 Å². The first-order chi connectivity index (χ1) is 14.4. The van der Waals surface area contributed by atoms with Gasteiger partial charge in [0.2, 0.25) is 0 Å². The molecule has 30 heavy (non-hydrogen) atoms. The van der Waals surface area contributed by atoms with Crippen LogP contribution in [0.4, 0.5) is 0 Å². The number of aliphatic hydroxyl groups excluding tert-OH is 1. The Morgan fingerprint density at radius 1 is 1.10 bits per heavy atom. The van der Waals surface area contributed by atoms with E-state index in [9.17, 15) is 14.7 Å². The number of nitrogens with zero attached hydrogens (tertiary/aromatic N) is 2. The smallest absolute Gasteiger partial charge is 0.296 e. The first-order valence-corrected chi connectivity index (χ1v) is 10.6. The zero-order chi connectivity index (χ0) is 21.4. The van der Waals surface area contributed by atoms with Crippen molar-refractivity contribution >= 4 is 28.8 Å². The van der Waals surface area contributed by atoms with Crippen LogP contribution in [0, 0.1) is 20.8 Å². The van der Waals surface area contributed by atoms with Gasteiger partial charge < -0.3 is 10.0 Å². The van der Waals surface area contributed by atoms with Crippen molar-refractivity contribution in [1.82, 2.24) is 9.88 Å². The third-order valence-corrected chi connectivity index (χ3v) is 6.47. The van der Waals surface area contributed by atoms with Crippen LogP contribution >= 0.6 is 11.3 Å². The maximum atomic E-state index is 13.1. The number of carbonyl (C=O) groups excluding carboxylic acids is 2. The molecule has 1 atom stereocenters. The molecule has 2 aromatic heterocycles. The topological polar surface area (TPSA) is 70.5 Å². The minimum absolute atomic E-state index is 0.129. The Balaban J connectivity index is 1.90. The number of benzene rings is 1. The lowest BCUT2D eigenvalue weighted by Gasteiger charge is -2.24. The average Bonchev–Trinajstić information content (AvgIpc) is 3.26. The number of aliphatic hydroxyl groups is 1. The predicted octanol–water partition coefficient (Wildman–Crippen LogP) is 4.69. The summed E-state index contributed by atoms with van der Waals surface area (Å²) in [4.78, 5) is 32.8. The molecule has 152 valence electrons. The summed E-state index contributed by atoms with van der Waals surface area (Å²) in [5.74, 6) is -1.41. The van der Waals surface area contributed by atoms with Crippen molar-refractivity contribution in [3.05, 3.63) is 92.4 Å². The first kappa shape index (κ1) is 20.0. The molecule has 0 saturated carbocycles. The summed E-state index contributed by atoms with van der Waals surface area (Å²) in [6, 6.07) is 12.5. The number of Topliss-reactive ketones (excluding diaryl/α,β-unsaturated/α-hetero) is 1. The quantitative estimate of drug-likeness (QED) is 0.379. The van der Waals surface area contributed by atoms with E-state index in [1.54, 1.807) is 12.3 Å². The standard InChI is InChI=1S/C24H22N2O3S/c1-14-7-8-15(2)18(12-14)21(27)19-20(23-16(3)9-11-30-23)26(24(29)22(19)28)13-17-6-4-5-10-25-17/h4-12,20,27H,13H2,1-3H3/b21-19+. The Hall–Kier alpha value is -3.25. The van der Waals surface area contributed by atoms with Gasteiger partial charge in [-0.3, -0.25) is 14.6 Å². The van der Waals surface area contributed by atoms with Crippen molar-refractivity contribution in [2.45, 2.75) is 33.4 Å². The Morgan fingerprint density at radius 2 is 1.90 bits per heavy atom. The molecule has 6 heteroatoms. The number of ketones is 1. The van der Waals surface area contributed by atoms with E-state index in [2.05, 4.69) is 4.98 Å². The maximum Gasteiger partial charge on any atom is 0.296 e. The molecular formula is C24H22N2O3S. The Morgan fingerprint density at radius 3 is 2.57 bits per heavy atom. The Kier molecular flexibility index (Phi) is 5.26. The Labute approximate surface area is 179 Å². The van der Waals surface area contributed by atoms with Crippen molar-refractivity contribution < 1.29 is 14.7 Å². The van der Waals surface area contributed by atoms with E-state index in [0.717, 1.165) is 21.6 Å². The second-order valence-corrected chi connectivity index (χ2v) is 8.48. The summed E-state index contributed by atoms with van der Waals surface area (Å²) in [5, 5.41) is 13.2. The Bertz CT molecular complexity index is 1160. The number of rotatable bonds is 4. The van der Waals surface area contributed by atoms with Crippen molar-refractivity contribution in [2.24, 2.45) is 0 Å². The van der Waals surface area contributed by atoms with Gasteiger partial charge in [0, 0.05) is 16.6 Å². The molecule has 1 fully saturated rings. The van der Waals surface area contributed by atoms with Crippen LogP contribution in [-0.4, -0.2) is 26.7 Å². The lowest BCUT2D eigenvalue weighted by atomic mass is 9.95. The fourth-order valence-electron chi connectivity index (χ4n) is 3.78. The van der Waals surface area contributed by atoms with E-state index in [4.69, 9.17) is 0 Å².